The molecule has 2 aromatic rings. The van der Waals surface area contributed by atoms with Crippen LogP contribution >= 0.6 is 0 Å². The number of para-hydroxylation sites is 1. The van der Waals surface area contributed by atoms with Crippen LogP contribution in [0.2, 0.25) is 0 Å². The summed E-state index contributed by atoms with van der Waals surface area (Å²) in [7, 11) is 0. The normalized spacial score (nSPS) is 18.5. The fourth-order valence-electron chi connectivity index (χ4n) is 3.31. The van der Waals surface area contributed by atoms with Crippen molar-refractivity contribution in [3.05, 3.63) is 47.2 Å². The van der Waals surface area contributed by atoms with Crippen LogP contribution in [0.1, 0.15) is 23.7 Å². The molecule has 1 aromatic heterocycles. The molecule has 0 saturated heterocycles. The first-order chi connectivity index (χ1) is 11.7. The second-order valence-electron chi connectivity index (χ2n) is 6.16. The van der Waals surface area contributed by atoms with E-state index in [2.05, 4.69) is 15.5 Å². The van der Waals surface area contributed by atoms with Crippen molar-refractivity contribution in [1.29, 1.82) is 0 Å². The summed E-state index contributed by atoms with van der Waals surface area (Å²) < 4.78 is 5.84. The largest absolute Gasteiger partial charge is 0.480 e. The van der Waals surface area contributed by atoms with Crippen molar-refractivity contribution in [3.8, 4) is 5.75 Å². The fraction of sp³-hybridized carbons (Fsp3) is 0.389. The topological polar surface area (TPSA) is 67.4 Å². The van der Waals surface area contributed by atoms with Crippen LogP contribution in [-0.4, -0.2) is 40.2 Å². The Morgan fingerprint density at radius 3 is 3.04 bits per heavy atom. The van der Waals surface area contributed by atoms with Crippen molar-refractivity contribution in [2.24, 2.45) is 0 Å². The highest BCUT2D eigenvalue weighted by Gasteiger charge is 2.33. The number of carbonyl (C=O) groups is 1. The van der Waals surface area contributed by atoms with Gasteiger partial charge in [0.2, 0.25) is 0 Å². The average Bonchev–Trinajstić information content (AvgIpc) is 3.05. The molecular formula is C18H20N4O2. The van der Waals surface area contributed by atoms with E-state index in [9.17, 15) is 4.79 Å². The van der Waals surface area contributed by atoms with E-state index in [-0.39, 0.29) is 5.91 Å². The molecule has 4 rings (SSSR count). The van der Waals surface area contributed by atoms with Crippen LogP contribution in [0.25, 0.3) is 0 Å². The van der Waals surface area contributed by atoms with E-state index in [1.54, 1.807) is 0 Å². The lowest BCUT2D eigenvalue weighted by Crippen LogP contribution is -2.44. The average molecular weight is 324 g/mol. The standard InChI is InChI=1S/C18H20N4O2/c1-2-19-17-10-13-11-22(8-7-14(13)20-21-17)18(23)16-9-12-5-3-4-6-15(12)24-16/h3-6,10,16H,2,7-9,11H2,1H3,(H,19,21)/t16-/m1/s1. The van der Waals surface area contributed by atoms with E-state index >= 15 is 0 Å². The lowest BCUT2D eigenvalue weighted by atomic mass is 10.0. The number of nitrogens with one attached hydrogen (secondary N) is 1. The van der Waals surface area contributed by atoms with E-state index in [4.69, 9.17) is 4.74 Å². The van der Waals surface area contributed by atoms with Gasteiger partial charge in [-0.1, -0.05) is 18.2 Å². The van der Waals surface area contributed by atoms with Crippen LogP contribution in [0.3, 0.4) is 0 Å². The second kappa shape index (κ2) is 6.11. The van der Waals surface area contributed by atoms with Gasteiger partial charge in [-0.3, -0.25) is 4.79 Å². The highest BCUT2D eigenvalue weighted by Crippen LogP contribution is 2.30. The Hall–Kier alpha value is -2.63. The second-order valence-corrected chi connectivity index (χ2v) is 6.16. The molecule has 6 heteroatoms. The summed E-state index contributed by atoms with van der Waals surface area (Å²) in [6, 6.07) is 9.85. The number of aromatic nitrogens is 2. The van der Waals surface area contributed by atoms with Gasteiger partial charge in [0.1, 0.15) is 11.6 Å². The number of carbonyl (C=O) groups excluding carboxylic acids is 1. The number of fused-ring (bicyclic) bond motifs is 2. The molecule has 0 aliphatic carbocycles. The lowest BCUT2D eigenvalue weighted by molar-refractivity contribution is -0.138. The number of anilines is 1. The summed E-state index contributed by atoms with van der Waals surface area (Å²) in [5.41, 5.74) is 3.15. The third kappa shape index (κ3) is 2.68. The lowest BCUT2D eigenvalue weighted by Gasteiger charge is -2.29. The number of hydrogen-bond acceptors (Lipinski definition) is 5. The zero-order valence-electron chi connectivity index (χ0n) is 13.7. The molecule has 0 bridgehead atoms. The first kappa shape index (κ1) is 14.9. The number of rotatable bonds is 3. The minimum Gasteiger partial charge on any atom is -0.480 e. The van der Waals surface area contributed by atoms with Crippen LogP contribution in [-0.2, 0) is 24.2 Å². The van der Waals surface area contributed by atoms with Gasteiger partial charge in [-0.2, -0.15) is 5.10 Å². The predicted octanol–water partition coefficient (Wildman–Crippen LogP) is 1.80. The molecule has 2 aliphatic heterocycles. The molecule has 1 N–H and O–H groups in total. The molecular weight excluding hydrogens is 304 g/mol. The molecule has 124 valence electrons. The molecule has 1 atom stereocenters. The molecule has 3 heterocycles. The van der Waals surface area contributed by atoms with Crippen LogP contribution < -0.4 is 10.1 Å². The maximum atomic E-state index is 12.8. The zero-order chi connectivity index (χ0) is 16.5. The van der Waals surface area contributed by atoms with Gasteiger partial charge in [0.25, 0.3) is 5.91 Å². The van der Waals surface area contributed by atoms with Crippen molar-refractivity contribution in [2.75, 3.05) is 18.4 Å². The molecule has 24 heavy (non-hydrogen) atoms. The van der Waals surface area contributed by atoms with E-state index in [0.29, 0.717) is 19.5 Å². The Balaban J connectivity index is 1.48. The summed E-state index contributed by atoms with van der Waals surface area (Å²) in [5.74, 6) is 1.64. The van der Waals surface area contributed by atoms with Gasteiger partial charge in [-0.05, 0) is 30.2 Å². The minimum absolute atomic E-state index is 0.0543. The first-order valence-electron chi connectivity index (χ1n) is 8.37. The van der Waals surface area contributed by atoms with Gasteiger partial charge in [-0.25, -0.2) is 0 Å². The quantitative estimate of drug-likeness (QED) is 0.932. The Morgan fingerprint density at radius 1 is 1.33 bits per heavy atom. The Labute approximate surface area is 140 Å². The van der Waals surface area contributed by atoms with Gasteiger partial charge in [-0.15, -0.1) is 5.10 Å². The molecule has 1 amide bonds. The van der Waals surface area contributed by atoms with Crippen molar-refractivity contribution in [3.63, 3.8) is 0 Å². The molecule has 0 radical (unpaired) electrons. The van der Waals surface area contributed by atoms with Gasteiger partial charge >= 0.3 is 0 Å². The monoisotopic (exact) mass is 324 g/mol. The van der Waals surface area contributed by atoms with Gasteiger partial charge in [0.15, 0.2) is 6.10 Å². The Kier molecular flexibility index (Phi) is 3.80. The number of hydrogen-bond donors (Lipinski definition) is 1. The predicted molar refractivity (Wildman–Crippen MR) is 89.9 cm³/mol. The van der Waals surface area contributed by atoms with E-state index in [1.807, 2.05) is 42.2 Å². The summed E-state index contributed by atoms with van der Waals surface area (Å²) in [4.78, 5) is 14.7. The molecule has 6 nitrogen and oxygen atoms in total. The van der Waals surface area contributed by atoms with Crippen LogP contribution in [0, 0.1) is 0 Å². The third-order valence-corrected chi connectivity index (χ3v) is 4.53. The number of amides is 1. The van der Waals surface area contributed by atoms with Crippen LogP contribution in [0.5, 0.6) is 5.75 Å². The zero-order valence-corrected chi connectivity index (χ0v) is 13.7. The molecule has 0 saturated carbocycles. The summed E-state index contributed by atoms with van der Waals surface area (Å²) in [5, 5.41) is 11.6. The number of benzene rings is 1. The molecule has 1 aromatic carbocycles. The summed E-state index contributed by atoms with van der Waals surface area (Å²) in [6.07, 6.45) is 0.974. The Bertz CT molecular complexity index is 752. The van der Waals surface area contributed by atoms with E-state index in [0.717, 1.165) is 41.4 Å². The summed E-state index contributed by atoms with van der Waals surface area (Å²) in [6.45, 7) is 4.05. The van der Waals surface area contributed by atoms with E-state index in [1.165, 1.54) is 0 Å². The maximum absolute atomic E-state index is 12.8. The highest BCUT2D eigenvalue weighted by atomic mass is 16.5. The highest BCUT2D eigenvalue weighted by molar-refractivity contribution is 5.83. The fourth-order valence-corrected chi connectivity index (χ4v) is 3.31. The maximum Gasteiger partial charge on any atom is 0.264 e. The van der Waals surface area contributed by atoms with Crippen LogP contribution in [0.15, 0.2) is 30.3 Å². The number of ether oxygens (including phenoxy) is 1. The Morgan fingerprint density at radius 2 is 2.21 bits per heavy atom. The molecule has 0 fully saturated rings. The molecule has 2 aliphatic rings. The van der Waals surface area contributed by atoms with E-state index < -0.39 is 6.10 Å². The molecule has 0 spiro atoms. The van der Waals surface area contributed by atoms with Crippen LogP contribution in [0.4, 0.5) is 5.82 Å². The van der Waals surface area contributed by atoms with Gasteiger partial charge in [0, 0.05) is 32.5 Å². The first-order valence-corrected chi connectivity index (χ1v) is 8.37. The van der Waals surface area contributed by atoms with Crippen molar-refractivity contribution in [2.45, 2.75) is 32.4 Å². The van der Waals surface area contributed by atoms with Crippen molar-refractivity contribution >= 4 is 11.7 Å². The van der Waals surface area contributed by atoms with Crippen molar-refractivity contribution < 1.29 is 9.53 Å². The summed E-state index contributed by atoms with van der Waals surface area (Å²) >= 11 is 0. The molecule has 0 unspecified atom stereocenters. The van der Waals surface area contributed by atoms with Gasteiger partial charge < -0.3 is 15.0 Å². The number of nitrogens with zero attached hydrogens (tertiary/aromatic N) is 3. The van der Waals surface area contributed by atoms with Gasteiger partial charge in [0.05, 0.1) is 5.69 Å². The SMILES string of the molecule is CCNc1cc2c(nn1)CCN(C(=O)[C@H]1Cc3ccccc3O1)C2. The van der Waals surface area contributed by atoms with Crippen molar-refractivity contribution in [1.82, 2.24) is 15.1 Å². The third-order valence-electron chi connectivity index (χ3n) is 4.53. The smallest absolute Gasteiger partial charge is 0.264 e. The minimum atomic E-state index is -0.410.